The molecule has 1 aromatic carbocycles. The van der Waals surface area contributed by atoms with Gasteiger partial charge in [-0.15, -0.1) is 0 Å². The molecule has 1 aliphatic rings. The zero-order chi connectivity index (χ0) is 17.0. The van der Waals surface area contributed by atoms with E-state index in [2.05, 4.69) is 5.32 Å². The summed E-state index contributed by atoms with van der Waals surface area (Å²) in [5.74, 6) is 0.0823. The summed E-state index contributed by atoms with van der Waals surface area (Å²) in [6.45, 7) is 3.94. The molecule has 1 aromatic rings. The molecule has 1 heterocycles. The van der Waals surface area contributed by atoms with Crippen molar-refractivity contribution in [2.45, 2.75) is 26.3 Å². The highest BCUT2D eigenvalue weighted by Gasteiger charge is 2.33. The molecule has 1 saturated heterocycles. The fourth-order valence-corrected chi connectivity index (χ4v) is 4.49. The lowest BCUT2D eigenvalue weighted by Gasteiger charge is -2.27. The van der Waals surface area contributed by atoms with Crippen molar-refractivity contribution >= 4 is 27.2 Å². The third kappa shape index (κ3) is 4.54. The van der Waals surface area contributed by atoms with E-state index in [0.29, 0.717) is 18.5 Å². The van der Waals surface area contributed by atoms with Crippen LogP contribution in [-0.4, -0.2) is 55.6 Å². The Morgan fingerprint density at radius 3 is 2.39 bits per heavy atom. The monoisotopic (exact) mass is 338 g/mol. The Morgan fingerprint density at radius 1 is 1.26 bits per heavy atom. The van der Waals surface area contributed by atoms with Gasteiger partial charge in [0.2, 0.25) is 5.91 Å². The number of carbonyl (C=O) groups excluding carboxylic acids is 2. The second-order valence-electron chi connectivity index (χ2n) is 5.72. The summed E-state index contributed by atoms with van der Waals surface area (Å²) in [4.78, 5) is 25.2. The van der Waals surface area contributed by atoms with Crippen molar-refractivity contribution in [2.24, 2.45) is 0 Å². The highest BCUT2D eigenvalue weighted by atomic mass is 32.2. The molecule has 23 heavy (non-hydrogen) atoms. The van der Waals surface area contributed by atoms with Crippen LogP contribution in [0.4, 0.5) is 5.69 Å². The van der Waals surface area contributed by atoms with E-state index in [1.165, 1.54) is 6.92 Å². The van der Waals surface area contributed by atoms with Crippen LogP contribution in [0.1, 0.15) is 30.6 Å². The predicted molar refractivity (Wildman–Crippen MR) is 89.4 cm³/mol. The molecule has 7 heteroatoms. The normalized spacial score (nSPS) is 19.3. The smallest absolute Gasteiger partial charge is 0.242 e. The number of hydrogen-bond acceptors (Lipinski definition) is 5. The fourth-order valence-electron chi connectivity index (χ4n) is 2.76. The lowest BCUT2D eigenvalue weighted by Crippen LogP contribution is -2.43. The lowest BCUT2D eigenvalue weighted by molar-refractivity contribution is -0.130. The quantitative estimate of drug-likeness (QED) is 0.791. The first-order valence-electron chi connectivity index (χ1n) is 7.67. The van der Waals surface area contributed by atoms with Crippen molar-refractivity contribution in [2.75, 3.05) is 29.9 Å². The maximum Gasteiger partial charge on any atom is 0.242 e. The van der Waals surface area contributed by atoms with Crippen LogP contribution in [0.15, 0.2) is 24.3 Å². The average Bonchev–Trinajstić information content (AvgIpc) is 2.86. The second kappa shape index (κ2) is 7.12. The highest BCUT2D eigenvalue weighted by Crippen LogP contribution is 2.18. The van der Waals surface area contributed by atoms with E-state index in [0.717, 1.165) is 5.69 Å². The Labute approximate surface area is 136 Å². The van der Waals surface area contributed by atoms with Gasteiger partial charge in [-0.1, -0.05) is 0 Å². The number of anilines is 1. The summed E-state index contributed by atoms with van der Waals surface area (Å²) in [5, 5.41) is 3.02. The van der Waals surface area contributed by atoms with Crippen molar-refractivity contribution in [1.82, 2.24) is 4.90 Å². The Balaban J connectivity index is 1.93. The van der Waals surface area contributed by atoms with Crippen LogP contribution in [0.2, 0.25) is 0 Å². The Kier molecular flexibility index (Phi) is 5.41. The fraction of sp³-hybridized carbons (Fsp3) is 0.500. The number of ketones is 1. The summed E-state index contributed by atoms with van der Waals surface area (Å²) in [7, 11) is -3.01. The van der Waals surface area contributed by atoms with Crippen molar-refractivity contribution < 1.29 is 18.0 Å². The second-order valence-corrected chi connectivity index (χ2v) is 7.95. The number of rotatable bonds is 6. The molecule has 0 aliphatic carbocycles. The van der Waals surface area contributed by atoms with Gasteiger partial charge in [0.25, 0.3) is 0 Å². The number of likely N-dealkylation sites (N-methyl/N-ethyl adjacent to an activating group) is 1. The topological polar surface area (TPSA) is 83.6 Å². The number of amides is 1. The maximum atomic E-state index is 12.3. The number of hydrogen-bond donors (Lipinski definition) is 1. The SMILES string of the molecule is CCN(C(=O)CNc1ccc(C(C)=O)cc1)C1CCS(=O)(=O)C1. The molecule has 1 unspecified atom stereocenters. The van der Waals surface area contributed by atoms with E-state index in [-0.39, 0.29) is 35.8 Å². The average molecular weight is 338 g/mol. The minimum Gasteiger partial charge on any atom is -0.376 e. The molecule has 1 fully saturated rings. The van der Waals surface area contributed by atoms with Gasteiger partial charge in [0.1, 0.15) is 0 Å². The van der Waals surface area contributed by atoms with Crippen molar-refractivity contribution in [3.05, 3.63) is 29.8 Å². The predicted octanol–water partition coefficient (Wildman–Crippen LogP) is 1.34. The number of nitrogens with one attached hydrogen (secondary N) is 1. The molecular formula is C16H22N2O4S. The Morgan fingerprint density at radius 2 is 1.91 bits per heavy atom. The van der Waals surface area contributed by atoms with E-state index in [4.69, 9.17) is 0 Å². The van der Waals surface area contributed by atoms with E-state index in [9.17, 15) is 18.0 Å². The minimum absolute atomic E-state index is 0.00720. The van der Waals surface area contributed by atoms with Gasteiger partial charge >= 0.3 is 0 Å². The van der Waals surface area contributed by atoms with Crippen LogP contribution in [0.25, 0.3) is 0 Å². The number of nitrogens with zero attached hydrogens (tertiary/aromatic N) is 1. The van der Waals surface area contributed by atoms with Gasteiger partial charge in [-0.2, -0.15) is 0 Å². The number of Topliss-reactive ketones (excluding diaryl/α,β-unsaturated/α-hetero) is 1. The minimum atomic E-state index is -3.01. The van der Waals surface area contributed by atoms with E-state index in [1.807, 2.05) is 6.92 Å². The van der Waals surface area contributed by atoms with Gasteiger partial charge in [-0.25, -0.2) is 8.42 Å². The van der Waals surface area contributed by atoms with Gasteiger partial charge in [0, 0.05) is 23.8 Å². The maximum absolute atomic E-state index is 12.3. The first-order valence-corrected chi connectivity index (χ1v) is 9.49. The molecule has 0 radical (unpaired) electrons. The molecule has 1 atom stereocenters. The molecule has 0 saturated carbocycles. The van der Waals surface area contributed by atoms with Crippen molar-refractivity contribution in [3.63, 3.8) is 0 Å². The van der Waals surface area contributed by atoms with Gasteiger partial charge in [0.15, 0.2) is 15.6 Å². The molecule has 0 spiro atoms. The van der Waals surface area contributed by atoms with Crippen LogP contribution in [-0.2, 0) is 14.6 Å². The molecule has 0 aromatic heterocycles. The number of carbonyl (C=O) groups is 2. The van der Waals surface area contributed by atoms with Gasteiger partial charge in [-0.3, -0.25) is 9.59 Å². The van der Waals surface area contributed by atoms with Crippen LogP contribution in [0.5, 0.6) is 0 Å². The first kappa shape index (κ1) is 17.5. The van der Waals surface area contributed by atoms with Crippen LogP contribution < -0.4 is 5.32 Å². The highest BCUT2D eigenvalue weighted by molar-refractivity contribution is 7.91. The molecule has 1 aliphatic heterocycles. The standard InChI is InChI=1S/C16H22N2O4S/c1-3-18(15-8-9-23(21,22)11-15)16(20)10-17-14-6-4-13(5-7-14)12(2)19/h4-7,15,17H,3,8-11H2,1-2H3. The largest absolute Gasteiger partial charge is 0.376 e. The lowest BCUT2D eigenvalue weighted by atomic mass is 10.1. The van der Waals surface area contributed by atoms with Crippen LogP contribution >= 0.6 is 0 Å². The summed E-state index contributed by atoms with van der Waals surface area (Å²) in [6.07, 6.45) is 0.509. The summed E-state index contributed by atoms with van der Waals surface area (Å²) >= 11 is 0. The van der Waals surface area contributed by atoms with Crippen LogP contribution in [0.3, 0.4) is 0 Å². The van der Waals surface area contributed by atoms with E-state index in [1.54, 1.807) is 29.2 Å². The van der Waals surface area contributed by atoms with Gasteiger partial charge in [0.05, 0.1) is 18.1 Å². The van der Waals surface area contributed by atoms with Gasteiger partial charge < -0.3 is 10.2 Å². The van der Waals surface area contributed by atoms with Gasteiger partial charge in [-0.05, 0) is 44.5 Å². The summed E-state index contributed by atoms with van der Waals surface area (Å²) in [5.41, 5.74) is 1.37. The number of benzene rings is 1. The van der Waals surface area contributed by atoms with E-state index >= 15 is 0 Å². The molecule has 126 valence electrons. The Bertz CT molecular complexity index is 683. The summed E-state index contributed by atoms with van der Waals surface area (Å²) in [6, 6.07) is 6.69. The Hall–Kier alpha value is -1.89. The van der Waals surface area contributed by atoms with Crippen molar-refractivity contribution in [3.8, 4) is 0 Å². The first-order chi connectivity index (χ1) is 10.8. The zero-order valence-electron chi connectivity index (χ0n) is 13.4. The molecule has 2 rings (SSSR count). The van der Waals surface area contributed by atoms with Crippen LogP contribution in [0, 0.1) is 0 Å². The molecule has 6 nitrogen and oxygen atoms in total. The summed E-state index contributed by atoms with van der Waals surface area (Å²) < 4.78 is 23.1. The third-order valence-electron chi connectivity index (χ3n) is 4.05. The molecular weight excluding hydrogens is 316 g/mol. The molecule has 1 N–H and O–H groups in total. The third-order valence-corrected chi connectivity index (χ3v) is 5.80. The molecule has 1 amide bonds. The number of sulfone groups is 1. The van der Waals surface area contributed by atoms with Crippen molar-refractivity contribution in [1.29, 1.82) is 0 Å². The van der Waals surface area contributed by atoms with E-state index < -0.39 is 9.84 Å². The zero-order valence-corrected chi connectivity index (χ0v) is 14.2. The molecule has 0 bridgehead atoms.